The minimum atomic E-state index is -4.09. The summed E-state index contributed by atoms with van der Waals surface area (Å²) < 4.78 is 29.8. The molecule has 1 heterocycles. The Bertz CT molecular complexity index is 554. The Morgan fingerprint density at radius 1 is 1.55 bits per heavy atom. The molecule has 0 aliphatic carbocycles. The first-order chi connectivity index (χ1) is 9.34. The van der Waals surface area contributed by atoms with Crippen molar-refractivity contribution in [2.75, 3.05) is 12.4 Å². The summed E-state index contributed by atoms with van der Waals surface area (Å²) in [6.07, 6.45) is 2.62. The molecule has 0 spiro atoms. The number of sulfonamides is 1. The molecule has 112 valence electrons. The first kappa shape index (κ1) is 16.1. The zero-order chi connectivity index (χ0) is 15.2. The second kappa shape index (κ2) is 7.01. The summed E-state index contributed by atoms with van der Waals surface area (Å²) in [7, 11) is -4.09. The van der Waals surface area contributed by atoms with E-state index < -0.39 is 33.8 Å². The lowest BCUT2D eigenvalue weighted by molar-refractivity contribution is -0.141. The van der Waals surface area contributed by atoms with E-state index in [1.165, 1.54) is 19.4 Å². The molecule has 1 aromatic heterocycles. The van der Waals surface area contributed by atoms with Crippen LogP contribution in [0.2, 0.25) is 0 Å². The predicted octanol–water partition coefficient (Wildman–Crippen LogP) is -1.11. The lowest BCUT2D eigenvalue weighted by Gasteiger charge is -2.13. The van der Waals surface area contributed by atoms with Crippen molar-refractivity contribution in [1.82, 2.24) is 14.7 Å². The minimum absolute atomic E-state index is 0.0465. The number of aliphatic carboxylic acids is 1. The molecule has 0 saturated carbocycles. The van der Waals surface area contributed by atoms with Gasteiger partial charge in [0, 0.05) is 18.3 Å². The number of imidazole rings is 1. The summed E-state index contributed by atoms with van der Waals surface area (Å²) in [5.74, 6) is -3.22. The highest BCUT2D eigenvalue weighted by atomic mass is 32.2. The SMILES string of the molecule is CCOC(=O)CS(=O)(=O)N[C@H](Cc1cnc[nH]1)C(=O)O. The van der Waals surface area contributed by atoms with Crippen molar-refractivity contribution in [1.29, 1.82) is 0 Å². The van der Waals surface area contributed by atoms with Crippen molar-refractivity contribution < 1.29 is 27.9 Å². The van der Waals surface area contributed by atoms with Gasteiger partial charge in [-0.25, -0.2) is 18.1 Å². The molecule has 0 unspecified atom stereocenters. The van der Waals surface area contributed by atoms with E-state index in [4.69, 9.17) is 5.11 Å². The molecule has 0 saturated heterocycles. The lowest BCUT2D eigenvalue weighted by atomic mass is 10.2. The van der Waals surface area contributed by atoms with Crippen LogP contribution in [-0.2, 0) is 30.8 Å². The van der Waals surface area contributed by atoms with Gasteiger partial charge in [-0.2, -0.15) is 0 Å². The van der Waals surface area contributed by atoms with E-state index in [0.29, 0.717) is 5.69 Å². The zero-order valence-electron chi connectivity index (χ0n) is 10.7. The van der Waals surface area contributed by atoms with Crippen LogP contribution in [0.3, 0.4) is 0 Å². The molecule has 0 bridgehead atoms. The summed E-state index contributed by atoms with van der Waals surface area (Å²) >= 11 is 0. The molecule has 0 aliphatic heterocycles. The van der Waals surface area contributed by atoms with Gasteiger partial charge in [-0.1, -0.05) is 0 Å². The van der Waals surface area contributed by atoms with E-state index in [0.717, 1.165) is 0 Å². The van der Waals surface area contributed by atoms with Crippen molar-refractivity contribution >= 4 is 22.0 Å². The number of carboxylic acid groups (broad SMARTS) is 1. The molecule has 20 heavy (non-hydrogen) atoms. The highest BCUT2D eigenvalue weighted by Gasteiger charge is 2.27. The van der Waals surface area contributed by atoms with Crippen LogP contribution in [0.25, 0.3) is 0 Å². The molecule has 3 N–H and O–H groups in total. The number of rotatable bonds is 8. The van der Waals surface area contributed by atoms with E-state index in [1.54, 1.807) is 0 Å². The second-order valence-corrected chi connectivity index (χ2v) is 5.61. The van der Waals surface area contributed by atoms with Crippen LogP contribution in [0.1, 0.15) is 12.6 Å². The van der Waals surface area contributed by atoms with Crippen molar-refractivity contribution in [2.24, 2.45) is 0 Å². The van der Waals surface area contributed by atoms with Gasteiger partial charge in [0.2, 0.25) is 10.0 Å². The Kier molecular flexibility index (Phi) is 5.65. The molecule has 1 aromatic rings. The maximum Gasteiger partial charge on any atom is 0.322 e. The molecular weight excluding hydrogens is 290 g/mol. The number of nitrogens with one attached hydrogen (secondary N) is 2. The largest absolute Gasteiger partial charge is 0.480 e. The normalized spacial score (nSPS) is 12.8. The summed E-state index contributed by atoms with van der Waals surface area (Å²) in [5, 5.41) is 9.00. The molecule has 1 rings (SSSR count). The van der Waals surface area contributed by atoms with Crippen LogP contribution in [0.4, 0.5) is 0 Å². The molecule has 1 atom stereocenters. The van der Waals surface area contributed by atoms with E-state index in [2.05, 4.69) is 14.7 Å². The second-order valence-electron chi connectivity index (χ2n) is 3.85. The Morgan fingerprint density at radius 2 is 2.25 bits per heavy atom. The smallest absolute Gasteiger partial charge is 0.322 e. The molecule has 0 aliphatic rings. The molecule has 0 aromatic carbocycles. The lowest BCUT2D eigenvalue weighted by Crippen LogP contribution is -2.44. The molecule has 0 radical (unpaired) electrons. The van der Waals surface area contributed by atoms with Crippen LogP contribution in [0.15, 0.2) is 12.5 Å². The van der Waals surface area contributed by atoms with Gasteiger partial charge < -0.3 is 14.8 Å². The average Bonchev–Trinajstić information content (AvgIpc) is 2.79. The summed E-state index contributed by atoms with van der Waals surface area (Å²) in [4.78, 5) is 28.5. The maximum atomic E-state index is 11.7. The first-order valence-corrected chi connectivity index (χ1v) is 7.35. The zero-order valence-corrected chi connectivity index (χ0v) is 11.5. The standard InChI is InChI=1S/C10H15N3O6S/c1-2-19-9(14)5-20(17,18)13-8(10(15)16)3-7-4-11-6-12-7/h4,6,8,13H,2-3,5H2,1H3,(H,11,12)(H,15,16)/t8-/m1/s1. The highest BCUT2D eigenvalue weighted by Crippen LogP contribution is 2.01. The van der Waals surface area contributed by atoms with Gasteiger partial charge in [0.25, 0.3) is 0 Å². The molecular formula is C10H15N3O6S. The predicted molar refractivity (Wildman–Crippen MR) is 67.3 cm³/mol. The van der Waals surface area contributed by atoms with E-state index in [9.17, 15) is 18.0 Å². The monoisotopic (exact) mass is 305 g/mol. The van der Waals surface area contributed by atoms with Crippen LogP contribution in [0, 0.1) is 0 Å². The van der Waals surface area contributed by atoms with E-state index in [-0.39, 0.29) is 13.0 Å². The fourth-order valence-electron chi connectivity index (χ4n) is 1.41. The fraction of sp³-hybridized carbons (Fsp3) is 0.500. The number of carbonyl (C=O) groups is 2. The van der Waals surface area contributed by atoms with Crippen LogP contribution in [0.5, 0.6) is 0 Å². The molecule has 10 heteroatoms. The summed E-state index contributed by atoms with van der Waals surface area (Å²) in [6, 6.07) is -1.39. The number of nitrogens with zero attached hydrogens (tertiary/aromatic N) is 1. The van der Waals surface area contributed by atoms with Gasteiger partial charge >= 0.3 is 11.9 Å². The topological polar surface area (TPSA) is 138 Å². The Balaban J connectivity index is 2.69. The van der Waals surface area contributed by atoms with Crippen LogP contribution < -0.4 is 4.72 Å². The van der Waals surface area contributed by atoms with E-state index >= 15 is 0 Å². The fourth-order valence-corrected chi connectivity index (χ4v) is 2.51. The highest BCUT2D eigenvalue weighted by molar-refractivity contribution is 7.90. The minimum Gasteiger partial charge on any atom is -0.480 e. The molecule has 9 nitrogen and oxygen atoms in total. The summed E-state index contributed by atoms with van der Waals surface area (Å²) in [5.41, 5.74) is 0.455. The van der Waals surface area contributed by atoms with Gasteiger partial charge in [0.1, 0.15) is 6.04 Å². The molecule has 0 fully saturated rings. The maximum absolute atomic E-state index is 11.7. The molecule has 0 amide bonds. The van der Waals surface area contributed by atoms with Crippen molar-refractivity contribution in [2.45, 2.75) is 19.4 Å². The van der Waals surface area contributed by atoms with Gasteiger partial charge in [0.15, 0.2) is 5.75 Å². The van der Waals surface area contributed by atoms with E-state index in [1.807, 2.05) is 4.72 Å². The third-order valence-electron chi connectivity index (χ3n) is 2.21. The first-order valence-electron chi connectivity index (χ1n) is 5.69. The quantitative estimate of drug-likeness (QED) is 0.517. The number of carbonyl (C=O) groups excluding carboxylic acids is 1. The number of hydrogen-bond acceptors (Lipinski definition) is 6. The van der Waals surface area contributed by atoms with Crippen molar-refractivity contribution in [3.05, 3.63) is 18.2 Å². The Morgan fingerprint density at radius 3 is 2.75 bits per heavy atom. The third kappa shape index (κ3) is 5.36. The van der Waals surface area contributed by atoms with Crippen molar-refractivity contribution in [3.63, 3.8) is 0 Å². The Labute approximate surface area is 115 Å². The number of ether oxygens (including phenoxy) is 1. The van der Waals surface area contributed by atoms with Crippen molar-refractivity contribution in [3.8, 4) is 0 Å². The number of aromatic nitrogens is 2. The van der Waals surface area contributed by atoms with Gasteiger partial charge in [0.05, 0.1) is 12.9 Å². The van der Waals surface area contributed by atoms with Crippen LogP contribution >= 0.6 is 0 Å². The number of H-pyrrole nitrogens is 1. The Hall–Kier alpha value is -1.94. The van der Waals surface area contributed by atoms with Gasteiger partial charge in [-0.15, -0.1) is 0 Å². The van der Waals surface area contributed by atoms with Gasteiger partial charge in [-0.05, 0) is 6.92 Å². The third-order valence-corrected chi connectivity index (χ3v) is 3.47. The van der Waals surface area contributed by atoms with Crippen LogP contribution in [-0.4, -0.2) is 53.8 Å². The average molecular weight is 305 g/mol. The number of aromatic amines is 1. The number of hydrogen-bond donors (Lipinski definition) is 3. The summed E-state index contributed by atoms with van der Waals surface area (Å²) in [6.45, 7) is 1.58. The number of carboxylic acids is 1. The number of esters is 1. The van der Waals surface area contributed by atoms with Gasteiger partial charge in [-0.3, -0.25) is 9.59 Å².